The van der Waals surface area contributed by atoms with Crippen molar-refractivity contribution in [2.75, 3.05) is 12.4 Å². The van der Waals surface area contributed by atoms with Crippen molar-refractivity contribution in [3.05, 3.63) is 59.7 Å². The first kappa shape index (κ1) is 25.3. The number of hydrogen-bond acceptors (Lipinski definition) is 4. The molecule has 0 aliphatic heterocycles. The molecule has 5 nitrogen and oxygen atoms in total. The number of hydrogen-bond donors (Lipinski definition) is 2. The van der Waals surface area contributed by atoms with E-state index in [1.54, 1.807) is 0 Å². The summed E-state index contributed by atoms with van der Waals surface area (Å²) in [5.41, 5.74) is 2.12. The van der Waals surface area contributed by atoms with Crippen molar-refractivity contribution in [2.24, 2.45) is 11.3 Å². The van der Waals surface area contributed by atoms with Crippen LogP contribution < -0.4 is 10.1 Å². The molecule has 1 aliphatic carbocycles. The maximum Gasteiger partial charge on any atom is 0.237 e. The lowest BCUT2D eigenvalue weighted by Gasteiger charge is -2.30. The van der Waals surface area contributed by atoms with Gasteiger partial charge in [0.05, 0.1) is 0 Å². The normalized spacial score (nSPS) is 15.1. The molecule has 32 heavy (non-hydrogen) atoms. The number of allylic oxidation sites excluding steroid dienone is 1. The molecule has 2 aromatic rings. The van der Waals surface area contributed by atoms with Crippen LogP contribution in [0, 0.1) is 18.3 Å². The number of aliphatic hydroxyl groups is 1. The van der Waals surface area contributed by atoms with Gasteiger partial charge in [0.2, 0.25) is 5.91 Å². The number of carbonyl (C=O) groups excluding carboxylic acids is 2. The molecule has 5 heteroatoms. The highest BCUT2D eigenvalue weighted by Crippen LogP contribution is 2.36. The van der Waals surface area contributed by atoms with Gasteiger partial charge in [-0.1, -0.05) is 51.3 Å². The molecule has 1 saturated carbocycles. The molecule has 2 N–H and O–H groups in total. The van der Waals surface area contributed by atoms with Gasteiger partial charge < -0.3 is 20.0 Å². The highest BCUT2D eigenvalue weighted by molar-refractivity contribution is 6.04. The van der Waals surface area contributed by atoms with Crippen molar-refractivity contribution in [2.45, 2.75) is 52.9 Å². The van der Waals surface area contributed by atoms with Crippen LogP contribution >= 0.6 is 0 Å². The summed E-state index contributed by atoms with van der Waals surface area (Å²) >= 11 is 0. The van der Waals surface area contributed by atoms with E-state index in [4.69, 9.17) is 9.84 Å². The van der Waals surface area contributed by atoms with Crippen molar-refractivity contribution in [1.29, 1.82) is 0 Å². The molecular weight excluding hydrogens is 402 g/mol. The van der Waals surface area contributed by atoms with Crippen LogP contribution in [0.15, 0.2) is 48.5 Å². The van der Waals surface area contributed by atoms with Gasteiger partial charge in [0, 0.05) is 12.8 Å². The zero-order valence-corrected chi connectivity index (χ0v) is 19.6. The fourth-order valence-electron chi connectivity index (χ4n) is 3.74. The van der Waals surface area contributed by atoms with Gasteiger partial charge in [-0.3, -0.25) is 4.79 Å². The molecule has 1 amide bonds. The van der Waals surface area contributed by atoms with E-state index in [1.807, 2.05) is 42.5 Å². The second kappa shape index (κ2) is 12.2. The molecule has 0 radical (unpaired) electrons. The van der Waals surface area contributed by atoms with E-state index in [1.165, 1.54) is 5.56 Å². The van der Waals surface area contributed by atoms with Crippen LogP contribution in [0.4, 0.5) is 5.69 Å². The number of rotatable bonds is 7. The summed E-state index contributed by atoms with van der Waals surface area (Å²) in [6, 6.07) is 13.3. The topological polar surface area (TPSA) is 75.6 Å². The molecule has 172 valence electrons. The second-order valence-corrected chi connectivity index (χ2v) is 8.54. The Morgan fingerprint density at radius 1 is 1.03 bits per heavy atom. The minimum absolute atomic E-state index is 0.203. The van der Waals surface area contributed by atoms with E-state index in [0.29, 0.717) is 30.2 Å². The van der Waals surface area contributed by atoms with Gasteiger partial charge in [-0.15, -0.1) is 0 Å². The summed E-state index contributed by atoms with van der Waals surface area (Å²) < 4.78 is 6.00. The Labute approximate surface area is 191 Å². The SMILES string of the molecule is CO.Cc1ccc(Oc2ccc(NC(=O)C3(C=O)CCCCC3)cc2)cc1/C=C\C(C)C. The number of aryl methyl sites for hydroxylation is 1. The van der Waals surface area contributed by atoms with Crippen molar-refractivity contribution >= 4 is 24.0 Å². The lowest BCUT2D eigenvalue weighted by molar-refractivity contribution is -0.134. The monoisotopic (exact) mass is 437 g/mol. The largest absolute Gasteiger partial charge is 0.457 e. The summed E-state index contributed by atoms with van der Waals surface area (Å²) in [5, 5.41) is 9.90. The zero-order valence-electron chi connectivity index (χ0n) is 19.6. The Bertz CT molecular complexity index is 910. The Morgan fingerprint density at radius 2 is 1.66 bits per heavy atom. The first-order valence-electron chi connectivity index (χ1n) is 11.2. The fourth-order valence-corrected chi connectivity index (χ4v) is 3.74. The van der Waals surface area contributed by atoms with Gasteiger partial charge >= 0.3 is 0 Å². The number of benzene rings is 2. The van der Waals surface area contributed by atoms with Gasteiger partial charge in [0.15, 0.2) is 0 Å². The molecule has 1 fully saturated rings. The summed E-state index contributed by atoms with van der Waals surface area (Å²) in [6.45, 7) is 6.38. The quantitative estimate of drug-likeness (QED) is 0.402. The molecule has 0 heterocycles. The molecule has 0 atom stereocenters. The maximum atomic E-state index is 12.7. The fraction of sp³-hybridized carbons (Fsp3) is 0.407. The summed E-state index contributed by atoms with van der Waals surface area (Å²) in [6.07, 6.45) is 9.31. The van der Waals surface area contributed by atoms with E-state index >= 15 is 0 Å². The second-order valence-electron chi connectivity index (χ2n) is 8.54. The predicted molar refractivity (Wildman–Crippen MR) is 130 cm³/mol. The van der Waals surface area contributed by atoms with Crippen LogP contribution in [0.25, 0.3) is 6.08 Å². The van der Waals surface area contributed by atoms with E-state index < -0.39 is 5.41 Å². The summed E-state index contributed by atoms with van der Waals surface area (Å²) in [7, 11) is 1.00. The minimum atomic E-state index is -0.880. The third kappa shape index (κ3) is 6.79. The average Bonchev–Trinajstić information content (AvgIpc) is 2.82. The van der Waals surface area contributed by atoms with E-state index in [-0.39, 0.29) is 5.91 Å². The number of aliphatic hydroxyl groups excluding tert-OH is 1. The average molecular weight is 438 g/mol. The molecule has 0 bridgehead atoms. The lowest BCUT2D eigenvalue weighted by atomic mass is 9.74. The molecular formula is C27H35NO4. The highest BCUT2D eigenvalue weighted by Gasteiger charge is 2.39. The van der Waals surface area contributed by atoms with Crippen LogP contribution in [-0.2, 0) is 9.59 Å². The Kier molecular flexibility index (Phi) is 9.66. The standard InChI is InChI=1S/C26H31NO3.CH4O/c1-19(2)7-9-21-17-24(12-8-20(21)3)30-23-13-10-22(11-14-23)27-25(29)26(18-28)15-5-4-6-16-26;1-2/h7-14,17-19H,4-6,15-16H2,1-3H3,(H,27,29);2H,1H3/b9-7-;. The van der Waals surface area contributed by atoms with Crippen LogP contribution in [0.3, 0.4) is 0 Å². The number of ether oxygens (including phenoxy) is 1. The first-order chi connectivity index (χ1) is 15.4. The molecule has 0 spiro atoms. The Morgan fingerprint density at radius 3 is 2.25 bits per heavy atom. The number of amides is 1. The van der Waals surface area contributed by atoms with E-state index in [2.05, 4.69) is 38.2 Å². The van der Waals surface area contributed by atoms with Crippen molar-refractivity contribution in [1.82, 2.24) is 0 Å². The molecule has 0 saturated heterocycles. The minimum Gasteiger partial charge on any atom is -0.457 e. The van der Waals surface area contributed by atoms with Crippen molar-refractivity contribution < 1.29 is 19.4 Å². The van der Waals surface area contributed by atoms with Gasteiger partial charge in [0.25, 0.3) is 0 Å². The van der Waals surface area contributed by atoms with Gasteiger partial charge in [0.1, 0.15) is 23.2 Å². The number of carbonyl (C=O) groups is 2. The van der Waals surface area contributed by atoms with Crippen molar-refractivity contribution in [3.63, 3.8) is 0 Å². The molecule has 2 aromatic carbocycles. The van der Waals surface area contributed by atoms with Gasteiger partial charge in [-0.2, -0.15) is 0 Å². The zero-order chi connectivity index (χ0) is 23.6. The third-order valence-electron chi connectivity index (χ3n) is 5.68. The number of nitrogens with one attached hydrogen (secondary N) is 1. The summed E-state index contributed by atoms with van der Waals surface area (Å²) in [4.78, 5) is 24.3. The van der Waals surface area contributed by atoms with E-state index in [0.717, 1.165) is 44.0 Å². The molecule has 0 aromatic heterocycles. The molecule has 0 unspecified atom stereocenters. The predicted octanol–water partition coefficient (Wildman–Crippen LogP) is 6.15. The van der Waals surface area contributed by atoms with Gasteiger partial charge in [-0.25, -0.2) is 0 Å². The van der Waals surface area contributed by atoms with Crippen LogP contribution in [0.1, 0.15) is 57.1 Å². The van der Waals surface area contributed by atoms with Crippen LogP contribution in [0.5, 0.6) is 11.5 Å². The number of anilines is 1. The smallest absolute Gasteiger partial charge is 0.237 e. The van der Waals surface area contributed by atoms with E-state index in [9.17, 15) is 9.59 Å². The third-order valence-corrected chi connectivity index (χ3v) is 5.68. The Hall–Kier alpha value is -2.92. The first-order valence-corrected chi connectivity index (χ1v) is 11.2. The molecule has 3 rings (SSSR count). The summed E-state index contributed by atoms with van der Waals surface area (Å²) in [5.74, 6) is 1.75. The maximum absolute atomic E-state index is 12.7. The lowest BCUT2D eigenvalue weighted by Crippen LogP contribution is -2.39. The van der Waals surface area contributed by atoms with Crippen LogP contribution in [-0.4, -0.2) is 24.4 Å². The van der Waals surface area contributed by atoms with Crippen LogP contribution in [0.2, 0.25) is 0 Å². The van der Waals surface area contributed by atoms with Crippen molar-refractivity contribution in [3.8, 4) is 11.5 Å². The molecule has 1 aliphatic rings. The highest BCUT2D eigenvalue weighted by atomic mass is 16.5. The number of aldehydes is 1. The van der Waals surface area contributed by atoms with Gasteiger partial charge in [-0.05, 0) is 73.2 Å². The Balaban J connectivity index is 0.00000176.